The van der Waals surface area contributed by atoms with Crippen LogP contribution in [0.15, 0.2) is 48.4 Å². The largest absolute Gasteiger partial charge is 0.512 e. The zero-order valence-corrected chi connectivity index (χ0v) is 28.6. The Morgan fingerprint density at radius 1 is 0.975 bits per heavy atom. The number of pyridine rings is 1. The summed E-state index contributed by atoms with van der Waals surface area (Å²) in [6, 6.07) is 14.9. The zero-order chi connectivity index (χ0) is 29.1. The zero-order valence-electron chi connectivity index (χ0n) is 26.2. The van der Waals surface area contributed by atoms with Crippen molar-refractivity contribution >= 4 is 16.6 Å². The summed E-state index contributed by atoms with van der Waals surface area (Å²) >= 11 is 0. The summed E-state index contributed by atoms with van der Waals surface area (Å²) in [6.45, 7) is 19.9. The fourth-order valence-corrected chi connectivity index (χ4v) is 5.20. The van der Waals surface area contributed by atoms with Crippen molar-refractivity contribution in [2.45, 2.75) is 101 Å². The second kappa shape index (κ2) is 13.6. The van der Waals surface area contributed by atoms with Gasteiger partial charge in [-0.3, -0.25) is 4.79 Å². The van der Waals surface area contributed by atoms with Crippen LogP contribution in [0.1, 0.15) is 102 Å². The van der Waals surface area contributed by atoms with Gasteiger partial charge in [0.2, 0.25) is 0 Å². The Bertz CT molecular complexity index is 1330. The number of hydrogen-bond donors (Lipinski definition) is 1. The number of aryl methyl sites for hydroxylation is 3. The fourth-order valence-electron chi connectivity index (χ4n) is 5.20. The van der Waals surface area contributed by atoms with Crippen molar-refractivity contribution in [2.24, 2.45) is 16.7 Å². The number of allylic oxidation sites excluding steroid dienone is 2. The number of rotatable bonds is 4. The van der Waals surface area contributed by atoms with Crippen LogP contribution in [0.2, 0.25) is 0 Å². The number of aromatic nitrogens is 1. The molecule has 0 spiro atoms. The first-order chi connectivity index (χ1) is 18.1. The molecular formula is C36H48IrNO2-. The van der Waals surface area contributed by atoms with Gasteiger partial charge in [0, 0.05) is 43.2 Å². The van der Waals surface area contributed by atoms with Gasteiger partial charge in [0.05, 0.1) is 0 Å². The third-order valence-corrected chi connectivity index (χ3v) is 7.92. The van der Waals surface area contributed by atoms with Crippen LogP contribution in [-0.2, 0) is 24.9 Å². The van der Waals surface area contributed by atoms with Crippen molar-refractivity contribution in [3.63, 3.8) is 0 Å². The molecule has 1 aromatic heterocycles. The first kappa shape index (κ1) is 33.9. The molecule has 1 fully saturated rings. The topological polar surface area (TPSA) is 50.2 Å². The Labute approximate surface area is 256 Å². The van der Waals surface area contributed by atoms with Crippen molar-refractivity contribution in [3.05, 3.63) is 76.7 Å². The number of carbonyl (C=O) groups excluding carboxylic acids is 1. The fraction of sp³-hybridized carbons (Fsp3) is 0.500. The van der Waals surface area contributed by atoms with Crippen molar-refractivity contribution in [1.29, 1.82) is 0 Å². The smallest absolute Gasteiger partial charge is 0.164 e. The third kappa shape index (κ3) is 8.60. The van der Waals surface area contributed by atoms with Crippen molar-refractivity contribution < 1.29 is 30.0 Å². The Hall–Kier alpha value is -2.29. The summed E-state index contributed by atoms with van der Waals surface area (Å²) in [6.07, 6.45) is 8.93. The molecular weight excluding hydrogens is 671 g/mol. The van der Waals surface area contributed by atoms with E-state index in [4.69, 9.17) is 4.98 Å². The molecule has 1 unspecified atom stereocenters. The van der Waals surface area contributed by atoms with Gasteiger partial charge in [-0.2, -0.15) is 0 Å². The van der Waals surface area contributed by atoms with Crippen LogP contribution in [0.3, 0.4) is 0 Å². The minimum Gasteiger partial charge on any atom is -0.512 e. The Balaban J connectivity index is 0.000000344. The van der Waals surface area contributed by atoms with Crippen molar-refractivity contribution in [1.82, 2.24) is 4.98 Å². The number of ketones is 1. The predicted octanol–water partition coefficient (Wildman–Crippen LogP) is 10.0. The van der Waals surface area contributed by atoms with E-state index < -0.39 is 5.41 Å². The summed E-state index contributed by atoms with van der Waals surface area (Å²) in [5, 5.41) is 12.1. The number of benzene rings is 2. The summed E-state index contributed by atoms with van der Waals surface area (Å²) in [7, 11) is 0. The summed E-state index contributed by atoms with van der Waals surface area (Å²) < 4.78 is 0. The van der Waals surface area contributed by atoms with E-state index in [9.17, 15) is 9.90 Å². The molecule has 1 aliphatic rings. The molecule has 1 aliphatic carbocycles. The maximum atomic E-state index is 11.5. The monoisotopic (exact) mass is 719 g/mol. The van der Waals surface area contributed by atoms with E-state index >= 15 is 0 Å². The summed E-state index contributed by atoms with van der Waals surface area (Å²) in [4.78, 5) is 16.3. The van der Waals surface area contributed by atoms with Gasteiger partial charge in [-0.25, -0.2) is 0 Å². The van der Waals surface area contributed by atoms with Gasteiger partial charge in [0.15, 0.2) is 5.78 Å². The van der Waals surface area contributed by atoms with Gasteiger partial charge in [-0.15, -0.1) is 34.9 Å². The van der Waals surface area contributed by atoms with Gasteiger partial charge < -0.3 is 10.1 Å². The first-order valence-corrected chi connectivity index (χ1v) is 14.4. The first-order valence-electron chi connectivity index (χ1n) is 14.4. The quantitative estimate of drug-likeness (QED) is 0.166. The van der Waals surface area contributed by atoms with Gasteiger partial charge >= 0.3 is 0 Å². The minimum absolute atomic E-state index is 0. The second-order valence-electron chi connectivity index (χ2n) is 13.6. The molecule has 0 aliphatic heterocycles. The summed E-state index contributed by atoms with van der Waals surface area (Å²) in [5.41, 5.74) is 6.56. The van der Waals surface area contributed by atoms with Crippen molar-refractivity contribution in [3.8, 4) is 11.3 Å². The average molecular weight is 719 g/mol. The molecule has 3 aromatic rings. The molecule has 4 heteroatoms. The minimum atomic E-state index is -0.417. The molecule has 4 rings (SSSR count). The standard InChI is InChI=1S/C25H28N.C11H20O2.Ir/c1-16-11-17(2)13-22(12-16)25-23-10-9-21(14-24(23)18(3)15-26-25)19(4)20-7-5-6-8-20;1-10(2,3)8(12)7-9(13)11(4,5)6;/h9-12,14-15,19-20H,5-8H2,1-4H3;7,12H,1-6H3;/q-1;;/b;8-7-;. The Morgan fingerprint density at radius 3 is 2.15 bits per heavy atom. The molecule has 0 saturated heterocycles. The number of carbonyl (C=O) groups is 1. The van der Waals surface area contributed by atoms with Crippen LogP contribution in [0, 0.1) is 43.6 Å². The number of nitrogens with zero attached hydrogens (tertiary/aromatic N) is 1. The normalized spacial score (nSPS) is 15.3. The number of aliphatic hydroxyl groups is 1. The molecule has 1 atom stereocenters. The maximum Gasteiger partial charge on any atom is 0.164 e. The number of aliphatic hydroxyl groups excluding tert-OH is 1. The van der Waals surface area contributed by atoms with E-state index in [-0.39, 0.29) is 37.1 Å². The molecule has 219 valence electrons. The van der Waals surface area contributed by atoms with Crippen molar-refractivity contribution in [2.75, 3.05) is 0 Å². The van der Waals surface area contributed by atoms with Crippen LogP contribution in [0.5, 0.6) is 0 Å². The van der Waals surface area contributed by atoms with E-state index in [1.165, 1.54) is 64.8 Å². The molecule has 3 nitrogen and oxygen atoms in total. The molecule has 2 aromatic carbocycles. The van der Waals surface area contributed by atoms with E-state index in [0.29, 0.717) is 5.92 Å². The summed E-state index contributed by atoms with van der Waals surface area (Å²) in [5.74, 6) is 1.60. The van der Waals surface area contributed by atoms with Crippen LogP contribution < -0.4 is 0 Å². The average Bonchev–Trinajstić information content (AvgIpc) is 3.37. The van der Waals surface area contributed by atoms with E-state index in [0.717, 1.165) is 17.2 Å². The molecule has 1 N–H and O–H groups in total. The number of hydrogen-bond acceptors (Lipinski definition) is 3. The SMILES string of the molecule is CC(C)(C)C(=O)/C=C(\O)C(C)(C)C.Cc1[c-]c(-c2ncc(C)c3cc(C(C)C4CCCC4)ccc23)cc(C)c1.[Ir]. The van der Waals surface area contributed by atoms with Crippen LogP contribution in [0.4, 0.5) is 0 Å². The molecule has 1 radical (unpaired) electrons. The van der Waals surface area contributed by atoms with E-state index in [1.807, 2.05) is 47.7 Å². The van der Waals surface area contributed by atoms with Crippen LogP contribution >= 0.6 is 0 Å². The Kier molecular flexibility index (Phi) is 11.5. The molecule has 1 saturated carbocycles. The van der Waals surface area contributed by atoms with E-state index in [1.54, 1.807) is 0 Å². The van der Waals surface area contributed by atoms with E-state index in [2.05, 4.69) is 64.1 Å². The molecule has 1 heterocycles. The van der Waals surface area contributed by atoms with Gasteiger partial charge in [-0.05, 0) is 59.2 Å². The number of fused-ring (bicyclic) bond motifs is 1. The predicted molar refractivity (Wildman–Crippen MR) is 165 cm³/mol. The van der Waals surface area contributed by atoms with Crippen LogP contribution in [-0.4, -0.2) is 15.9 Å². The molecule has 0 bridgehead atoms. The second-order valence-corrected chi connectivity index (χ2v) is 13.6. The van der Waals surface area contributed by atoms with Gasteiger partial charge in [-0.1, -0.05) is 93.4 Å². The third-order valence-electron chi connectivity index (χ3n) is 7.92. The van der Waals surface area contributed by atoms with Gasteiger partial charge in [0.1, 0.15) is 5.76 Å². The van der Waals surface area contributed by atoms with Crippen LogP contribution in [0.25, 0.3) is 22.0 Å². The molecule has 40 heavy (non-hydrogen) atoms. The Morgan fingerprint density at radius 2 is 1.60 bits per heavy atom. The maximum absolute atomic E-state index is 11.5. The van der Waals surface area contributed by atoms with Gasteiger partial charge in [0.25, 0.3) is 0 Å². The molecule has 0 amide bonds.